The Kier molecular flexibility index (Phi) is 14.1. The molecule has 0 saturated carbocycles. The highest BCUT2D eigenvalue weighted by atomic mass is 19.4. The molecule has 0 aliphatic heterocycles. The first-order chi connectivity index (χ1) is 29.6. The molecular formula is C40H24BF24N. The van der Waals surface area contributed by atoms with Crippen molar-refractivity contribution in [2.45, 2.75) is 49.4 Å². The molecular weight excluding hydrogens is 961 g/mol. The minimum absolute atomic E-state index is 0.691. The van der Waals surface area contributed by atoms with Crippen molar-refractivity contribution in [1.82, 2.24) is 0 Å². The Labute approximate surface area is 355 Å². The van der Waals surface area contributed by atoms with Gasteiger partial charge in [0.2, 0.25) is 0 Å². The molecule has 5 aromatic rings. The number of para-hydroxylation sites is 1. The van der Waals surface area contributed by atoms with Gasteiger partial charge in [0, 0.05) is 0 Å². The van der Waals surface area contributed by atoms with Crippen LogP contribution < -0.4 is 26.8 Å². The minimum Gasteiger partial charge on any atom is -0.307 e. The monoisotopic (exact) mass is 985 g/mol. The summed E-state index contributed by atoms with van der Waals surface area (Å²) in [5.74, 6) is 0. The number of alkyl halides is 24. The second kappa shape index (κ2) is 17.6. The standard InChI is InChI=1S/C32H12BF24.C8H11N/c34-25(35,36)13-1-14(26(37,38)39)6-21(5-13)33(22-7-15(27(40,41)42)2-16(8-22)28(43,44)45,23-9-17(29(46,47)48)3-18(10-23)30(49,50)51)24-11-19(31(52,53)54)4-20(12-24)32(55,56)57;1-9(2)8-6-4-3-5-7-8/h1-12H;3-7H,1-2H3/q-1;/p+1. The number of benzene rings is 5. The molecule has 0 heterocycles. The van der Waals surface area contributed by atoms with E-state index in [2.05, 4.69) is 38.4 Å². The zero-order valence-corrected chi connectivity index (χ0v) is 32.5. The third-order valence-electron chi connectivity index (χ3n) is 9.79. The summed E-state index contributed by atoms with van der Waals surface area (Å²) in [5, 5.41) is 0. The summed E-state index contributed by atoms with van der Waals surface area (Å²) in [7, 11) is 4.24. The molecule has 1 N–H and O–H groups in total. The molecule has 0 unspecified atom stereocenters. The predicted molar refractivity (Wildman–Crippen MR) is 189 cm³/mol. The van der Waals surface area contributed by atoms with Crippen molar-refractivity contribution in [2.24, 2.45) is 0 Å². The van der Waals surface area contributed by atoms with Crippen LogP contribution >= 0.6 is 0 Å². The summed E-state index contributed by atoms with van der Waals surface area (Å²) in [5.41, 5.74) is -28.9. The molecule has 0 aliphatic carbocycles. The maximum atomic E-state index is 14.2. The van der Waals surface area contributed by atoms with E-state index >= 15 is 0 Å². The molecule has 0 radical (unpaired) electrons. The largest absolute Gasteiger partial charge is 0.416 e. The van der Waals surface area contributed by atoms with Gasteiger partial charge in [0.05, 0.1) is 58.6 Å². The molecule has 360 valence electrons. The van der Waals surface area contributed by atoms with Gasteiger partial charge in [0.1, 0.15) is 11.8 Å². The Balaban J connectivity index is 0.000000942. The minimum atomic E-state index is -6.13. The van der Waals surface area contributed by atoms with E-state index in [1.165, 1.54) is 10.6 Å². The van der Waals surface area contributed by atoms with Crippen LogP contribution in [0.4, 0.5) is 111 Å². The normalized spacial score (nSPS) is 13.7. The van der Waals surface area contributed by atoms with Crippen molar-refractivity contribution in [3.05, 3.63) is 148 Å². The first-order valence-corrected chi connectivity index (χ1v) is 17.8. The third-order valence-corrected chi connectivity index (χ3v) is 9.79. The average molecular weight is 985 g/mol. The van der Waals surface area contributed by atoms with Gasteiger partial charge in [-0.15, -0.1) is 0 Å². The maximum Gasteiger partial charge on any atom is 0.416 e. The van der Waals surface area contributed by atoms with E-state index < -0.39 is 195 Å². The van der Waals surface area contributed by atoms with Crippen molar-refractivity contribution in [1.29, 1.82) is 0 Å². The van der Waals surface area contributed by atoms with Gasteiger partial charge in [0.15, 0.2) is 0 Å². The zero-order chi connectivity index (χ0) is 50.6. The molecule has 1 nitrogen and oxygen atoms in total. The van der Waals surface area contributed by atoms with Gasteiger partial charge in [-0.3, -0.25) is 0 Å². The van der Waals surface area contributed by atoms with Crippen LogP contribution in [0.2, 0.25) is 0 Å². The highest BCUT2D eigenvalue weighted by molar-refractivity contribution is 7.20. The number of hydrogen-bond acceptors (Lipinski definition) is 0. The van der Waals surface area contributed by atoms with E-state index in [0.29, 0.717) is 0 Å². The Bertz CT molecular complexity index is 2060. The predicted octanol–water partition coefficient (Wildman–Crippen LogP) is 11.7. The SMILES string of the molecule is C[NH+](C)c1ccccc1.FC(F)(F)c1cc([B-](c2cc(C(F)(F)F)cc(C(F)(F)F)c2)(c2cc(C(F)(F)F)cc(C(F)(F)F)c2)c2cc(C(F)(F)F)cc(C(F)(F)F)c2)cc(C(F)(F)F)c1. The van der Waals surface area contributed by atoms with Crippen LogP contribution in [-0.2, 0) is 49.4 Å². The summed E-state index contributed by atoms with van der Waals surface area (Å²) >= 11 is 0. The van der Waals surface area contributed by atoms with Crippen molar-refractivity contribution in [3.63, 3.8) is 0 Å². The van der Waals surface area contributed by atoms with Gasteiger partial charge >= 0.3 is 49.4 Å². The number of rotatable bonds is 5. The molecule has 0 fully saturated rings. The lowest BCUT2D eigenvalue weighted by molar-refractivity contribution is -0.786. The van der Waals surface area contributed by atoms with Crippen molar-refractivity contribution in [2.75, 3.05) is 14.1 Å². The molecule has 0 aliphatic rings. The number of hydrogen-bond donors (Lipinski definition) is 1. The van der Waals surface area contributed by atoms with Crippen molar-refractivity contribution >= 4 is 33.7 Å². The van der Waals surface area contributed by atoms with E-state index in [1.54, 1.807) is 0 Å². The van der Waals surface area contributed by atoms with E-state index in [9.17, 15) is 105 Å². The molecule has 0 saturated heterocycles. The van der Waals surface area contributed by atoms with Gasteiger partial charge in [0.25, 0.3) is 0 Å². The molecule has 26 heteroatoms. The van der Waals surface area contributed by atoms with Gasteiger partial charge in [-0.2, -0.15) is 127 Å². The Morgan fingerprint density at radius 1 is 0.273 bits per heavy atom. The van der Waals surface area contributed by atoms with Gasteiger partial charge in [-0.25, -0.2) is 0 Å². The molecule has 66 heavy (non-hydrogen) atoms. The zero-order valence-electron chi connectivity index (χ0n) is 32.5. The van der Waals surface area contributed by atoms with Crippen LogP contribution in [0, 0.1) is 0 Å². The molecule has 0 bridgehead atoms. The Morgan fingerprint density at radius 2 is 0.439 bits per heavy atom. The lowest BCUT2D eigenvalue weighted by Gasteiger charge is -2.46. The molecule has 0 spiro atoms. The Morgan fingerprint density at radius 3 is 0.561 bits per heavy atom. The van der Waals surface area contributed by atoms with Gasteiger partial charge < -0.3 is 4.90 Å². The third kappa shape index (κ3) is 12.1. The molecule has 5 rings (SSSR count). The maximum absolute atomic E-state index is 14.2. The second-order valence-electron chi connectivity index (χ2n) is 14.6. The van der Waals surface area contributed by atoms with Crippen LogP contribution in [0.5, 0.6) is 0 Å². The van der Waals surface area contributed by atoms with Crippen LogP contribution in [0.1, 0.15) is 44.5 Å². The average Bonchev–Trinajstić information content (AvgIpc) is 3.15. The smallest absolute Gasteiger partial charge is 0.307 e. The van der Waals surface area contributed by atoms with E-state index in [0.717, 1.165) is 0 Å². The quantitative estimate of drug-likeness (QED) is 0.132. The number of nitrogens with one attached hydrogen (secondary N) is 1. The molecule has 5 aromatic carbocycles. The second-order valence-corrected chi connectivity index (χ2v) is 14.6. The number of halogens is 24. The highest BCUT2D eigenvalue weighted by Crippen LogP contribution is 2.41. The van der Waals surface area contributed by atoms with E-state index in [-0.39, 0.29) is 0 Å². The Hall–Kier alpha value is -5.56. The molecule has 0 aromatic heterocycles. The van der Waals surface area contributed by atoms with Crippen LogP contribution in [-0.4, -0.2) is 20.2 Å². The van der Waals surface area contributed by atoms with Crippen molar-refractivity contribution in [3.8, 4) is 0 Å². The summed E-state index contributed by atoms with van der Waals surface area (Å²) in [6.45, 7) is 0. The summed E-state index contributed by atoms with van der Waals surface area (Å²) < 4.78 is 341. The summed E-state index contributed by atoms with van der Waals surface area (Å²) in [4.78, 5) is 1.37. The van der Waals surface area contributed by atoms with Crippen LogP contribution in [0.15, 0.2) is 103 Å². The number of quaternary nitrogens is 1. The van der Waals surface area contributed by atoms with Crippen molar-refractivity contribution < 1.29 is 110 Å². The fourth-order valence-corrected chi connectivity index (χ4v) is 6.84. The van der Waals surface area contributed by atoms with Crippen LogP contribution in [0.25, 0.3) is 0 Å². The first-order valence-electron chi connectivity index (χ1n) is 17.8. The fraction of sp³-hybridized carbons (Fsp3) is 0.250. The topological polar surface area (TPSA) is 4.44 Å². The lowest BCUT2D eigenvalue weighted by Crippen LogP contribution is -3.00. The van der Waals surface area contributed by atoms with Crippen LogP contribution in [0.3, 0.4) is 0 Å². The summed E-state index contributed by atoms with van der Waals surface area (Å²) in [6, 6.07) is 1.58. The van der Waals surface area contributed by atoms with Gasteiger partial charge in [-0.05, 0) is 36.4 Å². The van der Waals surface area contributed by atoms with Gasteiger partial charge in [-0.1, -0.05) is 66.7 Å². The highest BCUT2D eigenvalue weighted by Gasteiger charge is 2.47. The lowest BCUT2D eigenvalue weighted by atomic mass is 9.12. The fourth-order valence-electron chi connectivity index (χ4n) is 6.84. The van der Waals surface area contributed by atoms with E-state index in [4.69, 9.17) is 0 Å². The first kappa shape index (κ1) is 53.1. The van der Waals surface area contributed by atoms with E-state index in [1.807, 2.05) is 6.07 Å². The summed E-state index contributed by atoms with van der Waals surface area (Å²) in [6.07, 6.45) is -54.8. The molecule has 0 amide bonds. The molecule has 0 atom stereocenters.